The molecule has 1 N–H and O–H groups in total. The van der Waals surface area contributed by atoms with Gasteiger partial charge in [0.2, 0.25) is 0 Å². The summed E-state index contributed by atoms with van der Waals surface area (Å²) in [6.07, 6.45) is 0.998. The number of hydrogen-bond donors (Lipinski definition) is 1. The van der Waals surface area contributed by atoms with E-state index in [4.69, 9.17) is 44.3 Å². The fraction of sp³-hybridized carbons (Fsp3) is 0.737. The van der Waals surface area contributed by atoms with Gasteiger partial charge in [0.25, 0.3) is 11.8 Å². The van der Waals surface area contributed by atoms with Crippen LogP contribution in [0.1, 0.15) is 53.9 Å². The summed E-state index contributed by atoms with van der Waals surface area (Å²) in [5.74, 6) is -0.529. The van der Waals surface area contributed by atoms with Crippen LogP contribution in [-0.2, 0) is 19.1 Å². The molecule has 166 valence electrons. The van der Waals surface area contributed by atoms with Gasteiger partial charge >= 0.3 is 6.09 Å². The lowest BCUT2D eigenvalue weighted by molar-refractivity contribution is -0.145. The molecule has 1 unspecified atom stereocenters. The van der Waals surface area contributed by atoms with Crippen LogP contribution in [0.4, 0.5) is 4.79 Å². The number of imide groups is 1. The van der Waals surface area contributed by atoms with Gasteiger partial charge in [0, 0.05) is 6.08 Å². The zero-order chi connectivity index (χ0) is 22.6. The Balaban J connectivity index is 3.10. The first kappa shape index (κ1) is 25.9. The summed E-state index contributed by atoms with van der Waals surface area (Å²) in [7, 11) is 1.44. The summed E-state index contributed by atoms with van der Waals surface area (Å²) in [5.41, 5.74) is -0.763. The number of alkyl carbamates (subject to hydrolysis) is 1. The molecule has 7 nitrogen and oxygen atoms in total. The molecule has 1 aliphatic heterocycles. The van der Waals surface area contributed by atoms with E-state index < -0.39 is 39.4 Å². The molecule has 29 heavy (non-hydrogen) atoms. The van der Waals surface area contributed by atoms with Gasteiger partial charge in [-0.25, -0.2) is 4.79 Å². The highest BCUT2D eigenvalue weighted by Gasteiger charge is 2.42. The molecule has 0 aromatic carbocycles. The maximum absolute atomic E-state index is 13.2. The van der Waals surface area contributed by atoms with E-state index in [2.05, 4.69) is 5.32 Å². The Morgan fingerprint density at radius 1 is 1.24 bits per heavy atom. The minimum absolute atomic E-state index is 0.00862. The van der Waals surface area contributed by atoms with E-state index in [-0.39, 0.29) is 18.8 Å². The number of halogens is 3. The average molecular weight is 472 g/mol. The van der Waals surface area contributed by atoms with E-state index in [0.29, 0.717) is 12.2 Å². The highest BCUT2D eigenvalue weighted by Crippen LogP contribution is 2.33. The SMILES string of the molecule is COC1=CC(=O)N(C(=O)C(CCC(Cl)(Cl)Cl)NC(=O)OC(C)(C)C)[C@H]1CC(C)C. The van der Waals surface area contributed by atoms with Crippen molar-refractivity contribution in [3.63, 3.8) is 0 Å². The van der Waals surface area contributed by atoms with Crippen molar-refractivity contribution in [3.8, 4) is 0 Å². The molecular formula is C19H29Cl3N2O5. The summed E-state index contributed by atoms with van der Waals surface area (Å²) < 4.78 is 8.90. The molecule has 2 atom stereocenters. The lowest BCUT2D eigenvalue weighted by Gasteiger charge is -2.30. The number of nitrogens with one attached hydrogen (secondary N) is 1. The van der Waals surface area contributed by atoms with Gasteiger partial charge in [-0.3, -0.25) is 14.5 Å². The van der Waals surface area contributed by atoms with Crippen LogP contribution in [0.2, 0.25) is 0 Å². The summed E-state index contributed by atoms with van der Waals surface area (Å²) in [4.78, 5) is 39.1. The van der Waals surface area contributed by atoms with Crippen LogP contribution in [0.5, 0.6) is 0 Å². The monoisotopic (exact) mass is 470 g/mol. The predicted molar refractivity (Wildman–Crippen MR) is 113 cm³/mol. The number of ether oxygens (including phenoxy) is 2. The van der Waals surface area contributed by atoms with E-state index in [1.807, 2.05) is 13.8 Å². The summed E-state index contributed by atoms with van der Waals surface area (Å²) in [6, 6.07) is -1.67. The van der Waals surface area contributed by atoms with Gasteiger partial charge in [-0.15, -0.1) is 0 Å². The van der Waals surface area contributed by atoms with Crippen LogP contribution in [0, 0.1) is 5.92 Å². The van der Waals surface area contributed by atoms with E-state index >= 15 is 0 Å². The summed E-state index contributed by atoms with van der Waals surface area (Å²) >= 11 is 17.5. The third-order valence-corrected chi connectivity index (χ3v) is 4.58. The molecule has 0 aromatic heterocycles. The zero-order valence-corrected chi connectivity index (χ0v) is 19.8. The van der Waals surface area contributed by atoms with Crippen LogP contribution in [0.15, 0.2) is 11.8 Å². The van der Waals surface area contributed by atoms with E-state index in [9.17, 15) is 14.4 Å². The largest absolute Gasteiger partial charge is 0.499 e. The number of alkyl halides is 3. The van der Waals surface area contributed by atoms with Crippen molar-refractivity contribution in [2.24, 2.45) is 5.92 Å². The Morgan fingerprint density at radius 3 is 2.28 bits per heavy atom. The first-order chi connectivity index (χ1) is 13.1. The second-order valence-electron chi connectivity index (χ2n) is 8.30. The van der Waals surface area contributed by atoms with Gasteiger partial charge in [0.1, 0.15) is 17.4 Å². The molecule has 1 heterocycles. The van der Waals surface area contributed by atoms with Crippen molar-refractivity contribution < 1.29 is 23.9 Å². The highest BCUT2D eigenvalue weighted by molar-refractivity contribution is 6.67. The quantitative estimate of drug-likeness (QED) is 0.558. The maximum Gasteiger partial charge on any atom is 0.408 e. The highest BCUT2D eigenvalue weighted by atomic mass is 35.6. The first-order valence-electron chi connectivity index (χ1n) is 9.33. The molecule has 1 rings (SSSR count). The molecule has 10 heteroatoms. The van der Waals surface area contributed by atoms with Crippen molar-refractivity contribution in [1.82, 2.24) is 10.2 Å². The third-order valence-electron chi connectivity index (χ3n) is 4.02. The maximum atomic E-state index is 13.2. The molecule has 3 amide bonds. The van der Waals surface area contributed by atoms with Crippen molar-refractivity contribution in [2.45, 2.75) is 75.4 Å². The van der Waals surface area contributed by atoms with E-state index in [0.717, 1.165) is 4.90 Å². The number of nitrogens with zero attached hydrogens (tertiary/aromatic N) is 1. The van der Waals surface area contributed by atoms with Crippen molar-refractivity contribution >= 4 is 52.7 Å². The summed E-state index contributed by atoms with van der Waals surface area (Å²) in [5, 5.41) is 2.51. The molecule has 0 saturated carbocycles. The van der Waals surface area contributed by atoms with Gasteiger partial charge in [0.15, 0.2) is 3.79 Å². The fourth-order valence-corrected chi connectivity index (χ4v) is 3.20. The molecule has 0 saturated heterocycles. The molecule has 0 aromatic rings. The van der Waals surface area contributed by atoms with Crippen molar-refractivity contribution in [1.29, 1.82) is 0 Å². The van der Waals surface area contributed by atoms with Gasteiger partial charge in [-0.05, 0) is 46.0 Å². The Kier molecular flexibility index (Phi) is 9.12. The standard InChI is InChI=1S/C19H29Cl3N2O5/c1-11(2)9-13-14(28-6)10-15(25)24(13)16(26)12(7-8-19(20,21)22)23-17(27)29-18(3,4)5/h10-13H,7-9H2,1-6H3,(H,23,27)/t12?,13-/m0/s1. The zero-order valence-electron chi connectivity index (χ0n) is 17.6. The van der Waals surface area contributed by atoms with Gasteiger partial charge in [-0.2, -0.15) is 0 Å². The normalized spacial score (nSPS) is 18.6. The Hall–Kier alpha value is -1.18. The first-order valence-corrected chi connectivity index (χ1v) is 10.5. The minimum Gasteiger partial charge on any atom is -0.499 e. The van der Waals surface area contributed by atoms with Crippen LogP contribution >= 0.6 is 34.8 Å². The Bertz CT molecular complexity index is 653. The smallest absolute Gasteiger partial charge is 0.408 e. The number of hydrogen-bond acceptors (Lipinski definition) is 5. The van der Waals surface area contributed by atoms with Crippen molar-refractivity contribution in [3.05, 3.63) is 11.8 Å². The molecule has 1 aliphatic rings. The third kappa shape index (κ3) is 8.60. The van der Waals surface area contributed by atoms with Gasteiger partial charge in [0.05, 0.1) is 13.2 Å². The Morgan fingerprint density at radius 2 is 1.83 bits per heavy atom. The van der Waals surface area contributed by atoms with E-state index in [1.165, 1.54) is 13.2 Å². The van der Waals surface area contributed by atoms with Gasteiger partial charge < -0.3 is 14.8 Å². The number of methoxy groups -OCH3 is 1. The molecule has 0 radical (unpaired) electrons. The number of amides is 3. The number of rotatable bonds is 7. The Labute approximate surface area is 187 Å². The van der Waals surface area contributed by atoms with Gasteiger partial charge in [-0.1, -0.05) is 48.7 Å². The van der Waals surface area contributed by atoms with Crippen molar-refractivity contribution in [2.75, 3.05) is 7.11 Å². The minimum atomic E-state index is -1.61. The van der Waals surface area contributed by atoms with Crippen LogP contribution in [0.3, 0.4) is 0 Å². The van der Waals surface area contributed by atoms with Crippen LogP contribution in [-0.4, -0.2) is 51.4 Å². The second kappa shape index (κ2) is 10.2. The predicted octanol–water partition coefficient (Wildman–Crippen LogP) is 4.34. The fourth-order valence-electron chi connectivity index (χ4n) is 2.88. The lowest BCUT2D eigenvalue weighted by Crippen LogP contribution is -2.53. The molecular weight excluding hydrogens is 443 g/mol. The molecule has 0 fully saturated rings. The molecule has 0 spiro atoms. The average Bonchev–Trinajstić information content (AvgIpc) is 2.83. The number of carbonyl (C=O) groups is 3. The number of carbonyl (C=O) groups excluding carboxylic acids is 3. The van der Waals surface area contributed by atoms with E-state index in [1.54, 1.807) is 20.8 Å². The van der Waals surface area contributed by atoms with Crippen LogP contribution < -0.4 is 5.32 Å². The van der Waals surface area contributed by atoms with Crippen LogP contribution in [0.25, 0.3) is 0 Å². The molecule has 0 bridgehead atoms. The molecule has 0 aliphatic carbocycles. The summed E-state index contributed by atoms with van der Waals surface area (Å²) in [6.45, 7) is 9.03. The lowest BCUT2D eigenvalue weighted by atomic mass is 10.0. The second-order valence-corrected chi connectivity index (χ2v) is 10.8. The topological polar surface area (TPSA) is 84.9 Å².